The lowest BCUT2D eigenvalue weighted by Gasteiger charge is -2.03. The van der Waals surface area contributed by atoms with Crippen LogP contribution in [0, 0.1) is 0 Å². The van der Waals surface area contributed by atoms with Gasteiger partial charge in [0.1, 0.15) is 5.75 Å². The van der Waals surface area contributed by atoms with Gasteiger partial charge in [0.25, 0.3) is 6.01 Å². The third-order valence-electron chi connectivity index (χ3n) is 2.41. The van der Waals surface area contributed by atoms with Crippen LogP contribution in [0.2, 0.25) is 0 Å². The molecule has 0 fully saturated rings. The number of aromatic amines is 1. The molecule has 3 heteroatoms. The summed E-state index contributed by atoms with van der Waals surface area (Å²) in [4.78, 5) is 6.91. The van der Waals surface area contributed by atoms with E-state index in [4.69, 9.17) is 4.74 Å². The van der Waals surface area contributed by atoms with Gasteiger partial charge in [-0.2, -0.15) is 0 Å². The van der Waals surface area contributed by atoms with Crippen molar-refractivity contribution in [1.29, 1.82) is 0 Å². The quantitative estimate of drug-likeness (QED) is 0.704. The first-order valence-electron chi connectivity index (χ1n) is 5.08. The van der Waals surface area contributed by atoms with Crippen molar-refractivity contribution in [3.05, 3.63) is 54.9 Å². The maximum atomic E-state index is 5.56. The minimum Gasteiger partial charge on any atom is -0.426 e. The van der Waals surface area contributed by atoms with Crippen LogP contribution in [0.5, 0.6) is 11.8 Å². The number of hydrogen-bond donors (Lipinski definition) is 1. The first-order chi connectivity index (χ1) is 7.92. The molecule has 1 aromatic heterocycles. The molecule has 0 aliphatic rings. The molecule has 1 heterocycles. The summed E-state index contributed by atoms with van der Waals surface area (Å²) in [7, 11) is 0. The minimum atomic E-state index is 0.510. The summed E-state index contributed by atoms with van der Waals surface area (Å²) in [6, 6.07) is 14.6. The zero-order valence-electron chi connectivity index (χ0n) is 8.55. The summed E-state index contributed by atoms with van der Waals surface area (Å²) in [5, 5.41) is 2.36. The number of rotatable bonds is 2. The Bertz CT molecular complexity index is 602. The number of hydrogen-bond acceptors (Lipinski definition) is 2. The molecule has 3 rings (SSSR count). The van der Waals surface area contributed by atoms with Crippen LogP contribution in [0.4, 0.5) is 0 Å². The third kappa shape index (κ3) is 1.63. The lowest BCUT2D eigenvalue weighted by molar-refractivity contribution is 0.448. The maximum absolute atomic E-state index is 5.56. The number of benzene rings is 2. The van der Waals surface area contributed by atoms with E-state index in [0.29, 0.717) is 6.01 Å². The molecule has 0 unspecified atom stereocenters. The number of nitrogens with one attached hydrogen (secondary N) is 1. The molecule has 3 aromatic rings. The molecule has 0 saturated heterocycles. The van der Waals surface area contributed by atoms with Gasteiger partial charge in [-0.05, 0) is 22.9 Å². The number of imidazole rings is 1. The molecule has 0 radical (unpaired) electrons. The van der Waals surface area contributed by atoms with E-state index in [1.165, 1.54) is 5.39 Å². The van der Waals surface area contributed by atoms with E-state index in [2.05, 4.69) is 22.1 Å². The van der Waals surface area contributed by atoms with Gasteiger partial charge in [-0.15, -0.1) is 0 Å². The van der Waals surface area contributed by atoms with Gasteiger partial charge in [-0.25, -0.2) is 4.98 Å². The van der Waals surface area contributed by atoms with Crippen molar-refractivity contribution in [3.8, 4) is 11.8 Å². The normalized spacial score (nSPS) is 10.5. The molecule has 0 spiro atoms. The predicted octanol–water partition coefficient (Wildman–Crippen LogP) is 3.36. The Morgan fingerprint density at radius 3 is 2.69 bits per heavy atom. The average Bonchev–Trinajstić information content (AvgIpc) is 2.82. The summed E-state index contributed by atoms with van der Waals surface area (Å²) in [5.41, 5.74) is 0. The van der Waals surface area contributed by atoms with Crippen molar-refractivity contribution in [3.63, 3.8) is 0 Å². The highest BCUT2D eigenvalue weighted by atomic mass is 16.5. The zero-order chi connectivity index (χ0) is 10.8. The Kier molecular flexibility index (Phi) is 2.07. The van der Waals surface area contributed by atoms with Crippen molar-refractivity contribution in [2.75, 3.05) is 0 Å². The molecule has 0 atom stereocenters. The molecule has 0 amide bonds. The van der Waals surface area contributed by atoms with Crippen LogP contribution < -0.4 is 4.74 Å². The predicted molar refractivity (Wildman–Crippen MR) is 62.6 cm³/mol. The van der Waals surface area contributed by atoms with E-state index in [9.17, 15) is 0 Å². The topological polar surface area (TPSA) is 37.9 Å². The molecule has 16 heavy (non-hydrogen) atoms. The van der Waals surface area contributed by atoms with E-state index in [1.54, 1.807) is 12.4 Å². The van der Waals surface area contributed by atoms with Crippen molar-refractivity contribution in [2.45, 2.75) is 0 Å². The Morgan fingerprint density at radius 1 is 1.00 bits per heavy atom. The van der Waals surface area contributed by atoms with Crippen LogP contribution in [0.1, 0.15) is 0 Å². The van der Waals surface area contributed by atoms with Gasteiger partial charge in [-0.3, -0.25) is 0 Å². The second-order valence-electron chi connectivity index (χ2n) is 3.51. The molecule has 0 aliphatic heterocycles. The van der Waals surface area contributed by atoms with Crippen LogP contribution >= 0.6 is 0 Å². The number of ether oxygens (including phenoxy) is 1. The number of nitrogens with zero attached hydrogens (tertiary/aromatic N) is 1. The van der Waals surface area contributed by atoms with Crippen LogP contribution in [-0.4, -0.2) is 9.97 Å². The highest BCUT2D eigenvalue weighted by Gasteiger charge is 1.99. The lowest BCUT2D eigenvalue weighted by atomic mass is 10.1. The van der Waals surface area contributed by atoms with Gasteiger partial charge in [0.2, 0.25) is 0 Å². The second kappa shape index (κ2) is 3.70. The van der Waals surface area contributed by atoms with Crippen molar-refractivity contribution in [1.82, 2.24) is 9.97 Å². The fourth-order valence-corrected chi connectivity index (χ4v) is 1.65. The molecule has 1 N–H and O–H groups in total. The first kappa shape index (κ1) is 8.97. The third-order valence-corrected chi connectivity index (χ3v) is 2.41. The highest BCUT2D eigenvalue weighted by molar-refractivity contribution is 5.83. The smallest absolute Gasteiger partial charge is 0.299 e. The molecule has 0 aliphatic carbocycles. The van der Waals surface area contributed by atoms with Crippen molar-refractivity contribution < 1.29 is 4.74 Å². The van der Waals surface area contributed by atoms with Crippen LogP contribution in [0.3, 0.4) is 0 Å². The largest absolute Gasteiger partial charge is 0.426 e. The van der Waals surface area contributed by atoms with E-state index < -0.39 is 0 Å². The van der Waals surface area contributed by atoms with E-state index >= 15 is 0 Å². The van der Waals surface area contributed by atoms with E-state index in [-0.39, 0.29) is 0 Å². The first-order valence-corrected chi connectivity index (χ1v) is 5.08. The molecule has 3 nitrogen and oxygen atoms in total. The summed E-state index contributed by atoms with van der Waals surface area (Å²) in [5.74, 6) is 0.786. The Morgan fingerprint density at radius 2 is 1.88 bits per heavy atom. The van der Waals surface area contributed by atoms with Crippen molar-refractivity contribution >= 4 is 10.8 Å². The molecule has 0 bridgehead atoms. The van der Waals surface area contributed by atoms with Gasteiger partial charge >= 0.3 is 0 Å². The number of fused-ring (bicyclic) bond motifs is 1. The second-order valence-corrected chi connectivity index (χ2v) is 3.51. The average molecular weight is 210 g/mol. The lowest BCUT2D eigenvalue weighted by Crippen LogP contribution is -1.85. The fraction of sp³-hybridized carbons (Fsp3) is 0. The molecule has 2 aromatic carbocycles. The number of aromatic nitrogens is 2. The number of H-pyrrole nitrogens is 1. The monoisotopic (exact) mass is 210 g/mol. The maximum Gasteiger partial charge on any atom is 0.299 e. The van der Waals surface area contributed by atoms with Gasteiger partial charge in [0, 0.05) is 12.4 Å². The minimum absolute atomic E-state index is 0.510. The fourth-order valence-electron chi connectivity index (χ4n) is 1.65. The Labute approximate surface area is 92.7 Å². The van der Waals surface area contributed by atoms with Crippen LogP contribution in [0.25, 0.3) is 10.8 Å². The molecular formula is C13H10N2O. The standard InChI is InChI=1S/C13H10N2O/c1-2-4-11-9-12(6-5-10(11)3-1)16-13-14-7-8-15-13/h1-9H,(H,14,15). The summed E-state index contributed by atoms with van der Waals surface area (Å²) >= 11 is 0. The van der Waals surface area contributed by atoms with Gasteiger partial charge in [0.05, 0.1) is 0 Å². The summed E-state index contributed by atoms with van der Waals surface area (Å²) < 4.78 is 5.56. The summed E-state index contributed by atoms with van der Waals surface area (Å²) in [6.45, 7) is 0. The Hall–Kier alpha value is -2.29. The van der Waals surface area contributed by atoms with Crippen molar-refractivity contribution in [2.24, 2.45) is 0 Å². The molecule has 78 valence electrons. The molecular weight excluding hydrogens is 200 g/mol. The highest BCUT2D eigenvalue weighted by Crippen LogP contribution is 2.23. The summed E-state index contributed by atoms with van der Waals surface area (Å²) in [6.07, 6.45) is 3.40. The van der Waals surface area contributed by atoms with E-state index in [0.717, 1.165) is 11.1 Å². The van der Waals surface area contributed by atoms with Crippen LogP contribution in [-0.2, 0) is 0 Å². The Balaban J connectivity index is 1.99. The van der Waals surface area contributed by atoms with Gasteiger partial charge < -0.3 is 9.72 Å². The molecule has 0 saturated carbocycles. The SMILES string of the molecule is c1ccc2cc(Oc3ncc[nH]3)ccc2c1. The van der Waals surface area contributed by atoms with E-state index in [1.807, 2.05) is 30.3 Å². The van der Waals surface area contributed by atoms with Gasteiger partial charge in [0.15, 0.2) is 0 Å². The van der Waals surface area contributed by atoms with Gasteiger partial charge in [-0.1, -0.05) is 30.3 Å². The van der Waals surface area contributed by atoms with Crippen LogP contribution in [0.15, 0.2) is 54.9 Å². The zero-order valence-corrected chi connectivity index (χ0v) is 8.55.